The standard InChI is InChI=1S/C35H33F5O4S/c1-32-20-29(23-9-5-21(6-10-23)3-4-22-7-13-26(14-8-22)45(2,43)44)31-27-16-12-25(41)19-24(27)11-15-28(31)30(32)17-18-33(32,42)34(36,37)35(38,39)40/h5-10,13-14,19,28-30,42H,11-12,15-18,20H2,1-2H3/t28-,29+,30-,32-,33-/m0/s1. The molecule has 0 aromatic heterocycles. The highest BCUT2D eigenvalue weighted by atomic mass is 32.2. The van der Waals surface area contributed by atoms with Crippen molar-refractivity contribution in [2.24, 2.45) is 17.3 Å². The Bertz CT molecular complexity index is 1780. The van der Waals surface area contributed by atoms with Crippen molar-refractivity contribution in [2.75, 3.05) is 6.26 Å². The zero-order chi connectivity index (χ0) is 32.6. The van der Waals surface area contributed by atoms with Crippen LogP contribution in [0, 0.1) is 29.1 Å². The molecule has 0 heterocycles. The maximum atomic E-state index is 15.2. The fourth-order valence-corrected chi connectivity index (χ4v) is 9.07. The molecule has 5 atom stereocenters. The second-order valence-corrected chi connectivity index (χ2v) is 15.2. The largest absolute Gasteiger partial charge is 0.456 e. The van der Waals surface area contributed by atoms with E-state index in [2.05, 4.69) is 11.8 Å². The molecule has 0 spiro atoms. The van der Waals surface area contributed by atoms with Crippen LogP contribution in [-0.2, 0) is 14.6 Å². The van der Waals surface area contributed by atoms with Gasteiger partial charge in [0, 0.05) is 35.1 Å². The quantitative estimate of drug-likeness (QED) is 0.281. The van der Waals surface area contributed by atoms with Crippen LogP contribution in [0.15, 0.2) is 76.2 Å². The molecule has 2 aromatic carbocycles. The monoisotopic (exact) mass is 644 g/mol. The van der Waals surface area contributed by atoms with Crippen LogP contribution in [0.3, 0.4) is 0 Å². The lowest BCUT2D eigenvalue weighted by molar-refractivity contribution is -0.362. The maximum absolute atomic E-state index is 15.2. The lowest BCUT2D eigenvalue weighted by atomic mass is 9.50. The van der Waals surface area contributed by atoms with E-state index < -0.39 is 51.2 Å². The minimum absolute atomic E-state index is 0.0268. The number of alkyl halides is 5. The summed E-state index contributed by atoms with van der Waals surface area (Å²) in [6.45, 7) is 1.41. The van der Waals surface area contributed by atoms with Crippen LogP contribution in [0.2, 0.25) is 0 Å². The van der Waals surface area contributed by atoms with Crippen molar-refractivity contribution in [1.29, 1.82) is 0 Å². The molecule has 4 nitrogen and oxygen atoms in total. The molecule has 2 fully saturated rings. The average molecular weight is 645 g/mol. The summed E-state index contributed by atoms with van der Waals surface area (Å²) in [4.78, 5) is 12.4. The van der Waals surface area contributed by atoms with Crippen LogP contribution >= 0.6 is 0 Å². The molecular weight excluding hydrogens is 611 g/mol. The van der Waals surface area contributed by atoms with Gasteiger partial charge in [-0.2, -0.15) is 22.0 Å². The van der Waals surface area contributed by atoms with Crippen molar-refractivity contribution in [2.45, 2.75) is 80.4 Å². The minimum atomic E-state index is -5.90. The van der Waals surface area contributed by atoms with E-state index in [0.29, 0.717) is 36.8 Å². The number of carbonyl (C=O) groups excluding carboxylic acids is 1. The number of ketones is 1. The fraction of sp³-hybridized carbons (Fsp3) is 0.457. The van der Waals surface area contributed by atoms with Gasteiger partial charge in [-0.15, -0.1) is 0 Å². The highest BCUT2D eigenvalue weighted by molar-refractivity contribution is 7.90. The van der Waals surface area contributed by atoms with Crippen LogP contribution in [0.4, 0.5) is 22.0 Å². The van der Waals surface area contributed by atoms with Gasteiger partial charge in [-0.25, -0.2) is 8.42 Å². The number of benzene rings is 2. The molecule has 4 aliphatic carbocycles. The summed E-state index contributed by atoms with van der Waals surface area (Å²) in [5.41, 5.74) is -0.0658. The van der Waals surface area contributed by atoms with Crippen molar-refractivity contribution in [3.8, 4) is 11.8 Å². The molecule has 0 saturated heterocycles. The highest BCUT2D eigenvalue weighted by Crippen LogP contribution is 2.70. The molecule has 238 valence electrons. The van der Waals surface area contributed by atoms with Gasteiger partial charge in [-0.1, -0.05) is 36.5 Å². The first-order chi connectivity index (χ1) is 21.0. The van der Waals surface area contributed by atoms with Gasteiger partial charge in [0.25, 0.3) is 0 Å². The average Bonchev–Trinajstić information content (AvgIpc) is 3.26. The predicted molar refractivity (Wildman–Crippen MR) is 158 cm³/mol. The normalized spacial score (nSPS) is 30.1. The Kier molecular flexibility index (Phi) is 7.48. The number of aliphatic hydroxyl groups is 1. The molecule has 1 N–H and O–H groups in total. The number of hydrogen-bond acceptors (Lipinski definition) is 4. The third kappa shape index (κ3) is 5.07. The molecule has 2 saturated carbocycles. The fourth-order valence-electron chi connectivity index (χ4n) is 8.44. The van der Waals surface area contributed by atoms with Crippen molar-refractivity contribution < 1.29 is 40.3 Å². The van der Waals surface area contributed by atoms with Crippen LogP contribution in [0.5, 0.6) is 0 Å². The number of carbonyl (C=O) groups is 1. The zero-order valence-corrected chi connectivity index (χ0v) is 25.7. The number of fused-ring (bicyclic) bond motifs is 4. The Morgan fingerprint density at radius 1 is 0.889 bits per heavy atom. The van der Waals surface area contributed by atoms with Crippen LogP contribution in [0.25, 0.3) is 0 Å². The van der Waals surface area contributed by atoms with E-state index in [-0.39, 0.29) is 29.4 Å². The number of halogens is 5. The van der Waals surface area contributed by atoms with E-state index in [9.17, 15) is 31.5 Å². The zero-order valence-electron chi connectivity index (χ0n) is 24.8. The Morgan fingerprint density at radius 2 is 1.49 bits per heavy atom. The van der Waals surface area contributed by atoms with Crippen molar-refractivity contribution in [3.05, 3.63) is 88.0 Å². The van der Waals surface area contributed by atoms with Gasteiger partial charge in [0.2, 0.25) is 0 Å². The predicted octanol–water partition coefficient (Wildman–Crippen LogP) is 7.32. The third-order valence-corrected chi connectivity index (χ3v) is 11.8. The number of allylic oxidation sites excluding steroid dienone is 4. The second-order valence-electron chi connectivity index (χ2n) is 13.1. The maximum Gasteiger partial charge on any atom is 0.456 e. The summed E-state index contributed by atoms with van der Waals surface area (Å²) in [6.07, 6.45) is -1.92. The van der Waals surface area contributed by atoms with E-state index in [1.807, 2.05) is 0 Å². The van der Waals surface area contributed by atoms with E-state index >= 15 is 8.78 Å². The molecule has 2 aromatic rings. The van der Waals surface area contributed by atoms with Gasteiger partial charge in [0.1, 0.15) is 5.60 Å². The van der Waals surface area contributed by atoms with E-state index in [0.717, 1.165) is 28.5 Å². The minimum Gasteiger partial charge on any atom is -0.383 e. The summed E-state index contributed by atoms with van der Waals surface area (Å²) in [7, 11) is -3.34. The number of rotatable bonds is 3. The molecule has 10 heteroatoms. The smallest absolute Gasteiger partial charge is 0.383 e. The van der Waals surface area contributed by atoms with E-state index in [1.165, 1.54) is 19.1 Å². The molecule has 45 heavy (non-hydrogen) atoms. The molecule has 0 unspecified atom stereocenters. The molecule has 0 amide bonds. The van der Waals surface area contributed by atoms with Gasteiger partial charge >= 0.3 is 12.1 Å². The molecule has 0 aliphatic heterocycles. The van der Waals surface area contributed by atoms with E-state index in [4.69, 9.17) is 0 Å². The van der Waals surface area contributed by atoms with Gasteiger partial charge in [0.15, 0.2) is 15.6 Å². The molecule has 4 aliphatic rings. The summed E-state index contributed by atoms with van der Waals surface area (Å²) in [5, 5.41) is 11.4. The topological polar surface area (TPSA) is 71.4 Å². The summed E-state index contributed by atoms with van der Waals surface area (Å²) in [5.74, 6) is -0.620. The van der Waals surface area contributed by atoms with Gasteiger partial charge in [-0.3, -0.25) is 4.79 Å². The van der Waals surface area contributed by atoms with Crippen molar-refractivity contribution in [3.63, 3.8) is 0 Å². The molecule has 6 rings (SSSR count). The summed E-state index contributed by atoms with van der Waals surface area (Å²) < 4.78 is 95.1. The van der Waals surface area contributed by atoms with Crippen LogP contribution < -0.4 is 0 Å². The first kappa shape index (κ1) is 31.7. The lowest BCUT2D eigenvalue weighted by Crippen LogP contribution is -2.65. The molecule has 0 radical (unpaired) electrons. The van der Waals surface area contributed by atoms with Gasteiger partial charge in [-0.05, 0) is 110 Å². The highest BCUT2D eigenvalue weighted by Gasteiger charge is 2.79. The number of sulfone groups is 1. The van der Waals surface area contributed by atoms with Crippen molar-refractivity contribution in [1.82, 2.24) is 0 Å². The summed E-state index contributed by atoms with van der Waals surface area (Å²) >= 11 is 0. The Hall–Kier alpha value is -3.29. The van der Waals surface area contributed by atoms with Crippen molar-refractivity contribution >= 4 is 15.6 Å². The van der Waals surface area contributed by atoms with Gasteiger partial charge < -0.3 is 5.11 Å². The lowest BCUT2D eigenvalue weighted by Gasteiger charge is -2.56. The van der Waals surface area contributed by atoms with Gasteiger partial charge in [0.05, 0.1) is 4.90 Å². The van der Waals surface area contributed by atoms with Crippen LogP contribution in [0.1, 0.15) is 74.5 Å². The molecular formula is C35H33F5O4S. The first-order valence-electron chi connectivity index (χ1n) is 15.0. The second kappa shape index (κ2) is 10.6. The third-order valence-electron chi connectivity index (χ3n) is 10.7. The van der Waals surface area contributed by atoms with E-state index in [1.54, 1.807) is 42.5 Å². The Morgan fingerprint density at radius 3 is 2.07 bits per heavy atom. The summed E-state index contributed by atoms with van der Waals surface area (Å²) in [6, 6.07) is 13.3. The SMILES string of the molecule is C[C@]12C[C@H](c3ccc(C#Cc4ccc(S(C)(=O)=O)cc4)cc3)C3=C4CCC(=O)C=C4CC[C@H]3[C@@H]1CC[C@@]2(O)C(F)(F)C(F)(F)F. The first-order valence-corrected chi connectivity index (χ1v) is 16.9. The van der Waals surface area contributed by atoms with Crippen LogP contribution in [-0.4, -0.2) is 43.3 Å². The Labute approximate surface area is 259 Å². The number of hydrogen-bond donors (Lipinski definition) is 1. The molecule has 0 bridgehead atoms. The Balaban J connectivity index is 1.40.